The van der Waals surface area contributed by atoms with Gasteiger partial charge >= 0.3 is 0 Å². The molecular formula is C26H31NO2. The molecule has 1 aliphatic carbocycles. The number of benzene rings is 1. The van der Waals surface area contributed by atoms with Gasteiger partial charge in [0.25, 0.3) is 5.91 Å². The predicted molar refractivity (Wildman–Crippen MR) is 121 cm³/mol. The van der Waals surface area contributed by atoms with Crippen molar-refractivity contribution in [2.45, 2.75) is 53.9 Å². The summed E-state index contributed by atoms with van der Waals surface area (Å²) in [5, 5.41) is 2.95. The summed E-state index contributed by atoms with van der Waals surface area (Å²) in [6.45, 7) is 10.9. The summed E-state index contributed by atoms with van der Waals surface area (Å²) in [5.41, 5.74) is 6.58. The Morgan fingerprint density at radius 2 is 2.00 bits per heavy atom. The van der Waals surface area contributed by atoms with Crippen molar-refractivity contribution < 1.29 is 9.21 Å². The van der Waals surface area contributed by atoms with Crippen LogP contribution < -0.4 is 5.32 Å². The van der Waals surface area contributed by atoms with Crippen molar-refractivity contribution in [1.82, 2.24) is 0 Å². The van der Waals surface area contributed by atoms with E-state index in [0.717, 1.165) is 16.8 Å². The molecule has 3 heteroatoms. The van der Waals surface area contributed by atoms with Crippen molar-refractivity contribution in [3.63, 3.8) is 0 Å². The van der Waals surface area contributed by atoms with Crippen LogP contribution in [0.15, 0.2) is 69.9 Å². The Morgan fingerprint density at radius 3 is 2.72 bits per heavy atom. The van der Waals surface area contributed by atoms with Gasteiger partial charge in [-0.3, -0.25) is 4.79 Å². The molecule has 1 aromatic heterocycles. The maximum atomic E-state index is 12.7. The Bertz CT molecular complexity index is 986. The fourth-order valence-corrected chi connectivity index (χ4v) is 4.02. The lowest BCUT2D eigenvalue weighted by atomic mass is 9.72. The average Bonchev–Trinajstić information content (AvgIpc) is 3.09. The molecule has 1 amide bonds. The molecule has 1 heterocycles. The number of aryl methyl sites for hydroxylation is 1. The molecule has 1 aromatic carbocycles. The van der Waals surface area contributed by atoms with Gasteiger partial charge in [-0.25, -0.2) is 0 Å². The highest BCUT2D eigenvalue weighted by atomic mass is 16.3. The molecule has 3 nitrogen and oxygen atoms in total. The van der Waals surface area contributed by atoms with E-state index in [1.807, 2.05) is 44.2 Å². The Hall–Kier alpha value is -2.81. The van der Waals surface area contributed by atoms with Gasteiger partial charge in [-0.05, 0) is 86.4 Å². The first-order chi connectivity index (χ1) is 13.8. The predicted octanol–water partition coefficient (Wildman–Crippen LogP) is 7.33. The fraction of sp³-hybridized carbons (Fsp3) is 0.346. The summed E-state index contributed by atoms with van der Waals surface area (Å²) >= 11 is 0. The Kier molecular flexibility index (Phi) is 6.26. The molecule has 0 unspecified atom stereocenters. The van der Waals surface area contributed by atoms with E-state index in [1.165, 1.54) is 30.4 Å². The highest BCUT2D eigenvalue weighted by Gasteiger charge is 2.26. The monoisotopic (exact) mass is 389 g/mol. The Balaban J connectivity index is 1.77. The van der Waals surface area contributed by atoms with Crippen LogP contribution in [0.3, 0.4) is 0 Å². The molecule has 0 saturated carbocycles. The summed E-state index contributed by atoms with van der Waals surface area (Å²) in [7, 11) is 0. The van der Waals surface area contributed by atoms with E-state index in [-0.39, 0.29) is 11.3 Å². The number of amides is 1. The van der Waals surface area contributed by atoms with E-state index in [2.05, 4.69) is 38.2 Å². The van der Waals surface area contributed by atoms with Gasteiger partial charge in [0.15, 0.2) is 0 Å². The minimum atomic E-state index is -0.167. The topological polar surface area (TPSA) is 42.2 Å². The number of carbonyl (C=O) groups is 1. The normalized spacial score (nSPS) is 17.1. The lowest BCUT2D eigenvalue weighted by Gasteiger charge is -2.32. The number of furan rings is 1. The van der Waals surface area contributed by atoms with Gasteiger partial charge in [0, 0.05) is 5.69 Å². The molecular weight excluding hydrogens is 358 g/mol. The second-order valence-corrected chi connectivity index (χ2v) is 8.68. The second-order valence-electron chi connectivity index (χ2n) is 8.68. The van der Waals surface area contributed by atoms with Crippen LogP contribution in [0, 0.1) is 12.3 Å². The van der Waals surface area contributed by atoms with E-state index in [9.17, 15) is 4.79 Å². The zero-order chi connectivity index (χ0) is 21.0. The Morgan fingerprint density at radius 1 is 1.21 bits per heavy atom. The molecule has 0 aliphatic heterocycles. The smallest absolute Gasteiger partial charge is 0.259 e. The Labute approximate surface area is 174 Å². The number of carbonyl (C=O) groups excluding carboxylic acids is 1. The van der Waals surface area contributed by atoms with Gasteiger partial charge in [0.1, 0.15) is 5.76 Å². The molecule has 1 aliphatic rings. The van der Waals surface area contributed by atoms with Crippen LogP contribution in [0.5, 0.6) is 0 Å². The first-order valence-corrected chi connectivity index (χ1v) is 10.3. The molecule has 0 radical (unpaired) electrons. The molecule has 0 saturated heterocycles. The van der Waals surface area contributed by atoms with Crippen LogP contribution in [0.4, 0.5) is 5.69 Å². The first-order valence-electron chi connectivity index (χ1n) is 10.3. The summed E-state index contributed by atoms with van der Waals surface area (Å²) in [6.07, 6.45) is 11.5. The zero-order valence-electron chi connectivity index (χ0n) is 18.1. The third kappa shape index (κ3) is 5.17. The maximum Gasteiger partial charge on any atom is 0.259 e. The largest absolute Gasteiger partial charge is 0.464 e. The lowest BCUT2D eigenvalue weighted by molar-refractivity contribution is 0.102. The van der Waals surface area contributed by atoms with Crippen molar-refractivity contribution in [3.05, 3.63) is 82.4 Å². The zero-order valence-corrected chi connectivity index (χ0v) is 18.1. The number of rotatable bonds is 5. The molecule has 1 N–H and O–H groups in total. The minimum absolute atomic E-state index is 0.167. The van der Waals surface area contributed by atoms with Crippen LogP contribution in [-0.2, 0) is 0 Å². The highest BCUT2D eigenvalue weighted by Crippen LogP contribution is 2.40. The van der Waals surface area contributed by atoms with E-state index in [0.29, 0.717) is 11.3 Å². The van der Waals surface area contributed by atoms with E-state index in [1.54, 1.807) is 12.3 Å². The first kappa shape index (κ1) is 20.9. The summed E-state index contributed by atoms with van der Waals surface area (Å²) in [5.74, 6) is 0.408. The van der Waals surface area contributed by atoms with Crippen molar-refractivity contribution in [3.8, 4) is 0 Å². The third-order valence-electron chi connectivity index (χ3n) is 5.63. The lowest BCUT2D eigenvalue weighted by Crippen LogP contribution is -2.19. The molecule has 0 spiro atoms. The summed E-state index contributed by atoms with van der Waals surface area (Å²) < 4.78 is 5.59. The van der Waals surface area contributed by atoms with Crippen LogP contribution in [0.25, 0.3) is 6.08 Å². The van der Waals surface area contributed by atoms with Crippen LogP contribution >= 0.6 is 0 Å². The summed E-state index contributed by atoms with van der Waals surface area (Å²) in [4.78, 5) is 12.7. The van der Waals surface area contributed by atoms with Gasteiger partial charge in [0.05, 0.1) is 11.8 Å². The number of allylic oxidation sites excluding steroid dienone is 5. The van der Waals surface area contributed by atoms with E-state index < -0.39 is 0 Å². The fourth-order valence-electron chi connectivity index (χ4n) is 4.02. The summed E-state index contributed by atoms with van der Waals surface area (Å²) in [6, 6.07) is 9.48. The van der Waals surface area contributed by atoms with Crippen molar-refractivity contribution in [2.24, 2.45) is 5.41 Å². The molecule has 3 rings (SSSR count). The standard InChI is InChI=1S/C26H31NO2/c1-18-8-6-10-21(16-18)27-25(28)22-13-15-29-24(22)17-19(2)11-12-23-20(3)9-7-14-26(23,4)5/h6,8,10-13,15-17H,7,9,14H2,1-5H3,(H,27,28). The third-order valence-corrected chi connectivity index (χ3v) is 5.63. The number of anilines is 1. The second kappa shape index (κ2) is 8.69. The SMILES string of the molecule is CC(C=CC1=C(C)CCCC1(C)C)=Cc1occc1C(=O)Nc1cccc(C)c1. The van der Waals surface area contributed by atoms with Crippen molar-refractivity contribution in [2.75, 3.05) is 5.32 Å². The molecule has 0 atom stereocenters. The average molecular weight is 390 g/mol. The van der Waals surface area contributed by atoms with Crippen molar-refractivity contribution in [1.29, 1.82) is 0 Å². The number of nitrogens with one attached hydrogen (secondary N) is 1. The highest BCUT2D eigenvalue weighted by molar-refractivity contribution is 6.06. The quantitative estimate of drug-likeness (QED) is 0.544. The van der Waals surface area contributed by atoms with Gasteiger partial charge in [-0.2, -0.15) is 0 Å². The van der Waals surface area contributed by atoms with Crippen LogP contribution in [-0.4, -0.2) is 5.91 Å². The number of hydrogen-bond donors (Lipinski definition) is 1. The van der Waals surface area contributed by atoms with E-state index in [4.69, 9.17) is 4.42 Å². The van der Waals surface area contributed by atoms with Gasteiger partial charge < -0.3 is 9.73 Å². The van der Waals surface area contributed by atoms with Gasteiger partial charge in [-0.15, -0.1) is 0 Å². The van der Waals surface area contributed by atoms with E-state index >= 15 is 0 Å². The van der Waals surface area contributed by atoms with Crippen LogP contribution in [0.1, 0.15) is 68.6 Å². The minimum Gasteiger partial charge on any atom is -0.464 e. The molecule has 2 aromatic rings. The maximum absolute atomic E-state index is 12.7. The van der Waals surface area contributed by atoms with Gasteiger partial charge in [0.2, 0.25) is 0 Å². The molecule has 0 bridgehead atoms. The molecule has 152 valence electrons. The number of hydrogen-bond acceptors (Lipinski definition) is 2. The molecule has 0 fully saturated rings. The van der Waals surface area contributed by atoms with Crippen molar-refractivity contribution >= 4 is 17.7 Å². The van der Waals surface area contributed by atoms with Crippen LogP contribution in [0.2, 0.25) is 0 Å². The molecule has 29 heavy (non-hydrogen) atoms. The van der Waals surface area contributed by atoms with Gasteiger partial charge in [-0.1, -0.05) is 43.7 Å².